The molecule has 0 aromatic carbocycles. The second-order valence-corrected chi connectivity index (χ2v) is 21.4. The van der Waals surface area contributed by atoms with Gasteiger partial charge >= 0.3 is 7.82 Å². The van der Waals surface area contributed by atoms with Crippen LogP contribution in [0.3, 0.4) is 0 Å². The standard InChI is InChI=1S/C52H107N2O6P/c1-6-8-10-12-14-16-17-18-19-20-21-22-23-24-25-26-27-28-29-30-31-32-33-34-35-36-38-40-42-44-46-52(56)53-50(49-60-61(57,58)59-48-47-54(3,4)5)51(55)45-43-41-39-37-15-13-11-9-7-2/h50-51,55H,6-49H2,1-5H3,(H-,53,56,57,58)/p+1. The Morgan fingerprint density at radius 3 is 1.10 bits per heavy atom. The molecule has 0 radical (unpaired) electrons. The Hall–Kier alpha value is -0.500. The van der Waals surface area contributed by atoms with Gasteiger partial charge in [0.05, 0.1) is 39.9 Å². The van der Waals surface area contributed by atoms with Gasteiger partial charge in [0.15, 0.2) is 0 Å². The topological polar surface area (TPSA) is 105 Å². The number of hydrogen-bond donors (Lipinski definition) is 3. The summed E-state index contributed by atoms with van der Waals surface area (Å²) in [6.07, 6.45) is 51.8. The summed E-state index contributed by atoms with van der Waals surface area (Å²) in [7, 11) is 1.63. The number of likely N-dealkylation sites (N-methyl/N-ethyl adjacent to an activating group) is 1. The van der Waals surface area contributed by atoms with Gasteiger partial charge in [0.25, 0.3) is 0 Å². The molecular weight excluding hydrogens is 780 g/mol. The molecule has 0 rings (SSSR count). The molecular formula is C52H108N2O6P+. The molecule has 0 aliphatic heterocycles. The van der Waals surface area contributed by atoms with Crippen LogP contribution in [0.1, 0.15) is 277 Å². The minimum Gasteiger partial charge on any atom is -0.391 e. The van der Waals surface area contributed by atoms with Crippen LogP contribution in [0.2, 0.25) is 0 Å². The predicted molar refractivity (Wildman–Crippen MR) is 263 cm³/mol. The highest BCUT2D eigenvalue weighted by Crippen LogP contribution is 2.43. The fourth-order valence-electron chi connectivity index (χ4n) is 8.34. The maximum absolute atomic E-state index is 12.9. The zero-order valence-corrected chi connectivity index (χ0v) is 42.6. The summed E-state index contributed by atoms with van der Waals surface area (Å²) in [5.41, 5.74) is 0. The Balaban J connectivity index is 3.90. The maximum Gasteiger partial charge on any atom is 0.472 e. The van der Waals surface area contributed by atoms with Crippen LogP contribution in [-0.2, 0) is 18.4 Å². The molecule has 366 valence electrons. The van der Waals surface area contributed by atoms with E-state index in [1.54, 1.807) is 0 Å². The monoisotopic (exact) mass is 888 g/mol. The van der Waals surface area contributed by atoms with Crippen molar-refractivity contribution in [2.24, 2.45) is 0 Å². The molecule has 0 saturated heterocycles. The van der Waals surface area contributed by atoms with Crippen molar-refractivity contribution < 1.29 is 32.9 Å². The first-order valence-electron chi connectivity index (χ1n) is 26.9. The fraction of sp³-hybridized carbons (Fsp3) is 0.981. The number of carbonyl (C=O) groups is 1. The summed E-state index contributed by atoms with van der Waals surface area (Å²) in [4.78, 5) is 23.2. The van der Waals surface area contributed by atoms with Crippen LogP contribution < -0.4 is 5.32 Å². The molecule has 0 saturated carbocycles. The summed E-state index contributed by atoms with van der Waals surface area (Å²) in [6.45, 7) is 4.90. The third-order valence-electron chi connectivity index (χ3n) is 12.6. The van der Waals surface area contributed by atoms with Crippen LogP contribution in [-0.4, -0.2) is 73.4 Å². The molecule has 3 atom stereocenters. The quantitative estimate of drug-likeness (QED) is 0.0319. The number of nitrogens with zero attached hydrogens (tertiary/aromatic N) is 1. The van der Waals surface area contributed by atoms with E-state index in [1.807, 2.05) is 21.1 Å². The smallest absolute Gasteiger partial charge is 0.391 e. The van der Waals surface area contributed by atoms with Crippen molar-refractivity contribution in [2.45, 2.75) is 289 Å². The van der Waals surface area contributed by atoms with Gasteiger partial charge in [-0.1, -0.05) is 258 Å². The highest BCUT2D eigenvalue weighted by atomic mass is 31.2. The van der Waals surface area contributed by atoms with Gasteiger partial charge < -0.3 is 19.8 Å². The number of amides is 1. The van der Waals surface area contributed by atoms with E-state index >= 15 is 0 Å². The lowest BCUT2D eigenvalue weighted by Crippen LogP contribution is -2.46. The van der Waals surface area contributed by atoms with Crippen molar-refractivity contribution in [1.82, 2.24) is 5.32 Å². The molecule has 9 heteroatoms. The van der Waals surface area contributed by atoms with Crippen molar-refractivity contribution >= 4 is 13.7 Å². The maximum atomic E-state index is 12.9. The molecule has 3 N–H and O–H groups in total. The molecule has 0 spiro atoms. The van der Waals surface area contributed by atoms with Crippen molar-refractivity contribution in [3.8, 4) is 0 Å². The first kappa shape index (κ1) is 60.5. The van der Waals surface area contributed by atoms with Crippen LogP contribution in [0, 0.1) is 0 Å². The van der Waals surface area contributed by atoms with Crippen LogP contribution >= 0.6 is 7.82 Å². The van der Waals surface area contributed by atoms with Gasteiger partial charge in [0.1, 0.15) is 13.2 Å². The zero-order chi connectivity index (χ0) is 45.0. The van der Waals surface area contributed by atoms with Gasteiger partial charge in [0.2, 0.25) is 5.91 Å². The second-order valence-electron chi connectivity index (χ2n) is 20.0. The lowest BCUT2D eigenvalue weighted by atomic mass is 10.0. The second kappa shape index (κ2) is 44.7. The molecule has 0 fully saturated rings. The molecule has 0 aliphatic rings. The number of phosphoric ester groups is 1. The first-order chi connectivity index (χ1) is 29.5. The number of nitrogens with one attached hydrogen (secondary N) is 1. The largest absolute Gasteiger partial charge is 0.472 e. The minimum absolute atomic E-state index is 0.0784. The zero-order valence-electron chi connectivity index (χ0n) is 41.7. The van der Waals surface area contributed by atoms with Gasteiger partial charge in [-0.15, -0.1) is 0 Å². The van der Waals surface area contributed by atoms with E-state index in [1.165, 1.54) is 212 Å². The molecule has 3 unspecified atom stereocenters. The summed E-state index contributed by atoms with van der Waals surface area (Å²) >= 11 is 0. The van der Waals surface area contributed by atoms with Crippen molar-refractivity contribution in [3.63, 3.8) is 0 Å². The highest BCUT2D eigenvalue weighted by Gasteiger charge is 2.28. The van der Waals surface area contributed by atoms with Gasteiger partial charge in [-0.3, -0.25) is 13.8 Å². The first-order valence-corrected chi connectivity index (χ1v) is 28.4. The number of unbranched alkanes of at least 4 members (excludes halogenated alkanes) is 37. The Labute approximate surface area is 380 Å². The van der Waals surface area contributed by atoms with Crippen molar-refractivity contribution in [3.05, 3.63) is 0 Å². The Bertz CT molecular complexity index is 963. The van der Waals surface area contributed by atoms with Gasteiger partial charge in [-0.2, -0.15) is 0 Å². The highest BCUT2D eigenvalue weighted by molar-refractivity contribution is 7.47. The van der Waals surface area contributed by atoms with Crippen molar-refractivity contribution in [2.75, 3.05) is 40.9 Å². The van der Waals surface area contributed by atoms with Crippen molar-refractivity contribution in [1.29, 1.82) is 0 Å². The van der Waals surface area contributed by atoms with Gasteiger partial charge in [0, 0.05) is 6.42 Å². The predicted octanol–water partition coefficient (Wildman–Crippen LogP) is 15.7. The summed E-state index contributed by atoms with van der Waals surface area (Å²) in [5.74, 6) is -0.140. The van der Waals surface area contributed by atoms with E-state index in [4.69, 9.17) is 9.05 Å². The van der Waals surface area contributed by atoms with E-state index in [0.717, 1.165) is 38.5 Å². The number of quaternary nitrogens is 1. The number of carbonyl (C=O) groups excluding carboxylic acids is 1. The Morgan fingerprint density at radius 1 is 0.492 bits per heavy atom. The average molecular weight is 888 g/mol. The average Bonchev–Trinajstić information content (AvgIpc) is 3.21. The van der Waals surface area contributed by atoms with Crippen LogP contribution in [0.5, 0.6) is 0 Å². The van der Waals surface area contributed by atoms with Crippen LogP contribution in [0.15, 0.2) is 0 Å². The molecule has 0 heterocycles. The molecule has 0 bridgehead atoms. The molecule has 1 amide bonds. The summed E-state index contributed by atoms with van der Waals surface area (Å²) < 4.78 is 23.6. The Morgan fingerprint density at radius 2 is 0.787 bits per heavy atom. The summed E-state index contributed by atoms with van der Waals surface area (Å²) in [5, 5.41) is 13.9. The number of aliphatic hydroxyl groups excluding tert-OH is 1. The normalized spacial score (nSPS) is 14.0. The molecule has 8 nitrogen and oxygen atoms in total. The SMILES string of the molecule is CCCCCCCCCCCCCCCCCCCCCCCCCCCCCCCCC(=O)NC(COP(=O)(O)OCC[N+](C)(C)C)C(O)CCCCCCCCCCC. The number of phosphoric acid groups is 1. The Kier molecular flexibility index (Phi) is 44.3. The molecule has 0 aliphatic carbocycles. The lowest BCUT2D eigenvalue weighted by Gasteiger charge is -2.26. The van der Waals surface area contributed by atoms with Crippen LogP contribution in [0.4, 0.5) is 0 Å². The third kappa shape index (κ3) is 47.3. The van der Waals surface area contributed by atoms with E-state index in [9.17, 15) is 19.4 Å². The van der Waals surface area contributed by atoms with E-state index in [-0.39, 0.29) is 19.1 Å². The minimum atomic E-state index is -4.31. The molecule has 0 aromatic rings. The number of rotatable bonds is 50. The van der Waals surface area contributed by atoms with E-state index < -0.39 is 20.0 Å². The summed E-state index contributed by atoms with van der Waals surface area (Å²) in [6, 6.07) is -0.752. The molecule has 0 aromatic heterocycles. The fourth-order valence-corrected chi connectivity index (χ4v) is 9.08. The van der Waals surface area contributed by atoms with E-state index in [0.29, 0.717) is 23.9 Å². The van der Waals surface area contributed by atoms with Gasteiger partial charge in [-0.25, -0.2) is 4.57 Å². The van der Waals surface area contributed by atoms with Gasteiger partial charge in [-0.05, 0) is 12.8 Å². The number of hydrogen-bond acceptors (Lipinski definition) is 5. The van der Waals surface area contributed by atoms with E-state index in [2.05, 4.69) is 19.2 Å². The number of aliphatic hydroxyl groups is 1. The lowest BCUT2D eigenvalue weighted by molar-refractivity contribution is -0.870. The van der Waals surface area contributed by atoms with Crippen LogP contribution in [0.25, 0.3) is 0 Å². The molecule has 61 heavy (non-hydrogen) atoms. The third-order valence-corrected chi connectivity index (χ3v) is 13.6.